The lowest BCUT2D eigenvalue weighted by atomic mass is 9.82. The lowest BCUT2D eigenvalue weighted by Gasteiger charge is -2.25. The number of hydrogen-bond donors (Lipinski definition) is 1. The van der Waals surface area contributed by atoms with Gasteiger partial charge in [0, 0.05) is 12.0 Å². The van der Waals surface area contributed by atoms with Crippen molar-refractivity contribution in [3.8, 4) is 0 Å². The van der Waals surface area contributed by atoms with E-state index in [1.807, 2.05) is 13.8 Å². The van der Waals surface area contributed by atoms with E-state index < -0.39 is 0 Å². The highest BCUT2D eigenvalue weighted by Crippen LogP contribution is 2.29. The number of amides is 1. The highest BCUT2D eigenvalue weighted by atomic mass is 16.2. The summed E-state index contributed by atoms with van der Waals surface area (Å²) >= 11 is 0. The van der Waals surface area contributed by atoms with Crippen LogP contribution in [0.1, 0.15) is 59.3 Å². The maximum atomic E-state index is 11.6. The fraction of sp³-hybridized carbons (Fsp3) is 0.923. The minimum absolute atomic E-state index is 0.328. The molecule has 0 aliphatic heterocycles. The second kappa shape index (κ2) is 6.14. The Kier molecular flexibility index (Phi) is 5.13. The molecule has 1 amide bonds. The van der Waals surface area contributed by atoms with Gasteiger partial charge >= 0.3 is 0 Å². The Balaban J connectivity index is 0.000000531. The molecule has 0 aromatic heterocycles. The van der Waals surface area contributed by atoms with Crippen molar-refractivity contribution in [3.05, 3.63) is 0 Å². The number of carbonyl (C=O) groups is 1. The minimum atomic E-state index is 0.328. The first kappa shape index (κ1) is 12.5. The smallest absolute Gasteiger partial charge is 0.223 e. The summed E-state index contributed by atoms with van der Waals surface area (Å²) in [7, 11) is 0. The van der Waals surface area contributed by atoms with Gasteiger partial charge in [-0.25, -0.2) is 0 Å². The Hall–Kier alpha value is -0.530. The molecule has 0 aromatic carbocycles. The molecule has 1 N–H and O–H groups in total. The maximum Gasteiger partial charge on any atom is 0.223 e. The normalized spacial score (nSPS) is 30.1. The molecular formula is C13H25NO. The zero-order valence-corrected chi connectivity index (χ0v) is 10.4. The van der Waals surface area contributed by atoms with Gasteiger partial charge in [0.25, 0.3) is 0 Å². The highest BCUT2D eigenvalue weighted by Gasteiger charge is 2.29. The Morgan fingerprint density at radius 2 is 1.53 bits per heavy atom. The van der Waals surface area contributed by atoms with Crippen LogP contribution in [0.25, 0.3) is 0 Å². The third-order valence-corrected chi connectivity index (χ3v) is 3.31. The summed E-state index contributed by atoms with van der Waals surface area (Å²) < 4.78 is 0. The first-order valence-corrected chi connectivity index (χ1v) is 6.56. The number of rotatable bonds is 2. The second-order valence-electron chi connectivity index (χ2n) is 4.74. The Bertz CT molecular complexity index is 191. The monoisotopic (exact) mass is 211 g/mol. The van der Waals surface area contributed by atoms with E-state index in [1.54, 1.807) is 0 Å². The quantitative estimate of drug-likeness (QED) is 0.747. The third-order valence-electron chi connectivity index (χ3n) is 3.31. The Morgan fingerprint density at radius 1 is 1.00 bits per heavy atom. The standard InChI is InChI=1S/C11H19NO.C2H6/c1-8-2-4-9(5-3-8)11(13)12-10-6-7-10;1-2/h8-10H,2-7H2,1H3,(H,12,13);1-2H3. The van der Waals surface area contributed by atoms with Gasteiger partial charge in [-0.3, -0.25) is 4.79 Å². The van der Waals surface area contributed by atoms with Gasteiger partial charge in [0.1, 0.15) is 0 Å². The molecule has 2 aliphatic carbocycles. The van der Waals surface area contributed by atoms with Crippen molar-refractivity contribution in [2.45, 2.75) is 65.3 Å². The van der Waals surface area contributed by atoms with Gasteiger partial charge in [0.15, 0.2) is 0 Å². The predicted octanol–water partition coefficient (Wildman–Crippen LogP) is 3.12. The molecule has 0 unspecified atom stereocenters. The molecule has 88 valence electrons. The van der Waals surface area contributed by atoms with Crippen molar-refractivity contribution in [3.63, 3.8) is 0 Å². The summed E-state index contributed by atoms with van der Waals surface area (Å²) in [6, 6.07) is 0.534. The van der Waals surface area contributed by atoms with Crippen LogP contribution >= 0.6 is 0 Å². The van der Waals surface area contributed by atoms with Gasteiger partial charge in [0.05, 0.1) is 0 Å². The van der Waals surface area contributed by atoms with Crippen LogP contribution in [0, 0.1) is 11.8 Å². The van der Waals surface area contributed by atoms with Gasteiger partial charge in [-0.1, -0.05) is 20.8 Å². The molecule has 0 bridgehead atoms. The summed E-state index contributed by atoms with van der Waals surface area (Å²) in [5.74, 6) is 1.50. The Morgan fingerprint density at radius 3 is 2.00 bits per heavy atom. The van der Waals surface area contributed by atoms with Crippen LogP contribution in [0.3, 0.4) is 0 Å². The number of nitrogens with one attached hydrogen (secondary N) is 1. The largest absolute Gasteiger partial charge is 0.353 e. The lowest BCUT2D eigenvalue weighted by Crippen LogP contribution is -2.34. The SMILES string of the molecule is CC.CC1CCC(C(=O)NC2CC2)CC1. The third kappa shape index (κ3) is 4.23. The topological polar surface area (TPSA) is 29.1 Å². The highest BCUT2D eigenvalue weighted by molar-refractivity contribution is 5.79. The molecule has 0 radical (unpaired) electrons. The maximum absolute atomic E-state index is 11.6. The van der Waals surface area contributed by atoms with Crippen molar-refractivity contribution >= 4 is 5.91 Å². The van der Waals surface area contributed by atoms with E-state index in [9.17, 15) is 4.79 Å². The molecule has 2 saturated carbocycles. The first-order valence-electron chi connectivity index (χ1n) is 6.56. The fourth-order valence-electron chi connectivity index (χ4n) is 2.07. The molecule has 15 heavy (non-hydrogen) atoms. The van der Waals surface area contributed by atoms with Gasteiger partial charge in [-0.2, -0.15) is 0 Å². The molecule has 0 atom stereocenters. The minimum Gasteiger partial charge on any atom is -0.353 e. The molecule has 0 spiro atoms. The van der Waals surface area contributed by atoms with Crippen molar-refractivity contribution < 1.29 is 4.79 Å². The van der Waals surface area contributed by atoms with E-state index in [-0.39, 0.29) is 0 Å². The molecule has 2 aliphatic rings. The average Bonchev–Trinajstić information content (AvgIpc) is 3.06. The first-order chi connectivity index (χ1) is 7.25. The molecule has 0 saturated heterocycles. The van der Waals surface area contributed by atoms with Gasteiger partial charge in [-0.15, -0.1) is 0 Å². The molecule has 2 nitrogen and oxygen atoms in total. The van der Waals surface area contributed by atoms with E-state index in [2.05, 4.69) is 12.2 Å². The summed E-state index contributed by atoms with van der Waals surface area (Å²) in [5.41, 5.74) is 0. The summed E-state index contributed by atoms with van der Waals surface area (Å²) in [6.45, 7) is 6.29. The van der Waals surface area contributed by atoms with Crippen LogP contribution in [0.5, 0.6) is 0 Å². The van der Waals surface area contributed by atoms with E-state index in [0.717, 1.165) is 18.8 Å². The molecule has 2 heteroatoms. The van der Waals surface area contributed by atoms with Crippen LogP contribution in [-0.2, 0) is 4.79 Å². The van der Waals surface area contributed by atoms with Gasteiger partial charge < -0.3 is 5.32 Å². The van der Waals surface area contributed by atoms with E-state index in [4.69, 9.17) is 0 Å². The number of carbonyl (C=O) groups excluding carboxylic acids is 1. The van der Waals surface area contributed by atoms with Crippen molar-refractivity contribution in [1.82, 2.24) is 5.32 Å². The van der Waals surface area contributed by atoms with Crippen molar-refractivity contribution in [2.75, 3.05) is 0 Å². The molecule has 0 heterocycles. The predicted molar refractivity (Wildman–Crippen MR) is 63.6 cm³/mol. The number of hydrogen-bond acceptors (Lipinski definition) is 1. The van der Waals surface area contributed by atoms with E-state index in [0.29, 0.717) is 17.9 Å². The molecule has 0 aromatic rings. The van der Waals surface area contributed by atoms with Crippen LogP contribution in [0.15, 0.2) is 0 Å². The van der Waals surface area contributed by atoms with Gasteiger partial charge in [0.2, 0.25) is 5.91 Å². The van der Waals surface area contributed by atoms with Crippen LogP contribution in [0.2, 0.25) is 0 Å². The van der Waals surface area contributed by atoms with Crippen molar-refractivity contribution in [2.24, 2.45) is 11.8 Å². The van der Waals surface area contributed by atoms with Crippen LogP contribution < -0.4 is 5.32 Å². The lowest BCUT2D eigenvalue weighted by molar-refractivity contribution is -0.126. The van der Waals surface area contributed by atoms with Gasteiger partial charge in [-0.05, 0) is 44.4 Å². The van der Waals surface area contributed by atoms with Crippen LogP contribution in [-0.4, -0.2) is 11.9 Å². The molecule has 2 fully saturated rings. The van der Waals surface area contributed by atoms with Crippen LogP contribution in [0.4, 0.5) is 0 Å². The fourth-order valence-corrected chi connectivity index (χ4v) is 2.07. The zero-order valence-electron chi connectivity index (χ0n) is 10.4. The van der Waals surface area contributed by atoms with E-state index >= 15 is 0 Å². The second-order valence-corrected chi connectivity index (χ2v) is 4.74. The molecular weight excluding hydrogens is 186 g/mol. The molecule has 2 rings (SSSR count). The summed E-state index contributed by atoms with van der Waals surface area (Å²) in [6.07, 6.45) is 7.11. The Labute approximate surface area is 93.8 Å². The zero-order chi connectivity index (χ0) is 11.3. The average molecular weight is 211 g/mol. The van der Waals surface area contributed by atoms with Crippen molar-refractivity contribution in [1.29, 1.82) is 0 Å². The summed E-state index contributed by atoms with van der Waals surface area (Å²) in [4.78, 5) is 11.6. The van der Waals surface area contributed by atoms with E-state index in [1.165, 1.54) is 25.7 Å². The summed E-state index contributed by atoms with van der Waals surface area (Å²) in [5, 5.41) is 3.10.